The SMILES string of the molecule is CC(OC1CCC(N)CC1F)c1ccccc1F. The zero-order chi connectivity index (χ0) is 13.1. The van der Waals surface area contributed by atoms with Crippen LogP contribution in [0.3, 0.4) is 0 Å². The fraction of sp³-hybridized carbons (Fsp3) is 0.571. The fourth-order valence-electron chi connectivity index (χ4n) is 2.41. The van der Waals surface area contributed by atoms with E-state index in [1.54, 1.807) is 25.1 Å². The molecule has 0 bridgehead atoms. The molecule has 0 saturated heterocycles. The highest BCUT2D eigenvalue weighted by Crippen LogP contribution is 2.29. The molecule has 1 aromatic rings. The summed E-state index contributed by atoms with van der Waals surface area (Å²) in [4.78, 5) is 0. The van der Waals surface area contributed by atoms with Gasteiger partial charge in [0.2, 0.25) is 0 Å². The maximum Gasteiger partial charge on any atom is 0.128 e. The quantitative estimate of drug-likeness (QED) is 0.900. The standard InChI is InChI=1S/C14H19F2NO/c1-9(11-4-2-3-5-12(11)15)18-14-7-6-10(17)8-13(14)16/h2-5,9-10,13-14H,6-8,17H2,1H3. The van der Waals surface area contributed by atoms with Crippen LogP contribution in [-0.2, 0) is 4.74 Å². The van der Waals surface area contributed by atoms with E-state index in [-0.39, 0.29) is 11.9 Å². The first-order valence-electron chi connectivity index (χ1n) is 6.37. The molecule has 0 radical (unpaired) electrons. The first kappa shape index (κ1) is 13.4. The van der Waals surface area contributed by atoms with Crippen molar-refractivity contribution in [1.29, 1.82) is 0 Å². The highest BCUT2D eigenvalue weighted by atomic mass is 19.1. The van der Waals surface area contributed by atoms with Gasteiger partial charge in [0.15, 0.2) is 0 Å². The third kappa shape index (κ3) is 3.06. The number of ether oxygens (including phenoxy) is 1. The summed E-state index contributed by atoms with van der Waals surface area (Å²) in [6, 6.07) is 6.36. The van der Waals surface area contributed by atoms with Crippen molar-refractivity contribution in [3.8, 4) is 0 Å². The van der Waals surface area contributed by atoms with Crippen LogP contribution in [0.1, 0.15) is 37.9 Å². The van der Waals surface area contributed by atoms with Gasteiger partial charge < -0.3 is 10.5 Å². The summed E-state index contributed by atoms with van der Waals surface area (Å²) in [7, 11) is 0. The molecule has 4 unspecified atom stereocenters. The van der Waals surface area contributed by atoms with Crippen molar-refractivity contribution in [1.82, 2.24) is 0 Å². The van der Waals surface area contributed by atoms with Gasteiger partial charge in [-0.15, -0.1) is 0 Å². The number of alkyl halides is 1. The molecule has 0 heterocycles. The molecule has 2 nitrogen and oxygen atoms in total. The average molecular weight is 255 g/mol. The van der Waals surface area contributed by atoms with Crippen molar-refractivity contribution in [2.45, 2.75) is 50.6 Å². The topological polar surface area (TPSA) is 35.2 Å². The Hall–Kier alpha value is -1.00. The predicted molar refractivity (Wildman–Crippen MR) is 66.4 cm³/mol. The second-order valence-electron chi connectivity index (χ2n) is 4.93. The molecule has 2 rings (SSSR count). The first-order chi connectivity index (χ1) is 8.58. The molecule has 0 aromatic heterocycles. The van der Waals surface area contributed by atoms with Crippen LogP contribution in [0.4, 0.5) is 8.78 Å². The minimum Gasteiger partial charge on any atom is -0.367 e. The number of hydrogen-bond donors (Lipinski definition) is 1. The first-order valence-corrected chi connectivity index (χ1v) is 6.37. The molecule has 0 spiro atoms. The van der Waals surface area contributed by atoms with Gasteiger partial charge in [-0.2, -0.15) is 0 Å². The highest BCUT2D eigenvalue weighted by molar-refractivity contribution is 5.19. The van der Waals surface area contributed by atoms with Crippen LogP contribution >= 0.6 is 0 Å². The third-order valence-corrected chi connectivity index (χ3v) is 3.48. The molecular formula is C14H19F2NO. The van der Waals surface area contributed by atoms with E-state index in [0.717, 1.165) is 6.42 Å². The maximum atomic E-state index is 13.8. The molecule has 0 amide bonds. The zero-order valence-corrected chi connectivity index (χ0v) is 10.5. The molecule has 100 valence electrons. The van der Waals surface area contributed by atoms with Crippen LogP contribution in [0.25, 0.3) is 0 Å². The normalized spacial score (nSPS) is 30.1. The van der Waals surface area contributed by atoms with E-state index in [1.807, 2.05) is 0 Å². The van der Waals surface area contributed by atoms with E-state index < -0.39 is 18.4 Å². The van der Waals surface area contributed by atoms with Crippen LogP contribution in [0.2, 0.25) is 0 Å². The molecule has 1 aliphatic carbocycles. The lowest BCUT2D eigenvalue weighted by molar-refractivity contribution is -0.0670. The minimum atomic E-state index is -1.05. The molecule has 18 heavy (non-hydrogen) atoms. The Balaban J connectivity index is 1.99. The molecule has 1 aliphatic rings. The summed E-state index contributed by atoms with van der Waals surface area (Å²) in [5, 5.41) is 0. The molecule has 0 aliphatic heterocycles. The number of halogens is 2. The van der Waals surface area contributed by atoms with Gasteiger partial charge in [0.25, 0.3) is 0 Å². The van der Waals surface area contributed by atoms with Gasteiger partial charge in [0.1, 0.15) is 12.0 Å². The van der Waals surface area contributed by atoms with Crippen molar-refractivity contribution in [3.05, 3.63) is 35.6 Å². The molecule has 4 atom stereocenters. The second kappa shape index (κ2) is 5.76. The number of benzene rings is 1. The van der Waals surface area contributed by atoms with Crippen molar-refractivity contribution in [2.24, 2.45) is 5.73 Å². The van der Waals surface area contributed by atoms with E-state index >= 15 is 0 Å². The highest BCUT2D eigenvalue weighted by Gasteiger charge is 2.31. The van der Waals surface area contributed by atoms with Gasteiger partial charge in [0, 0.05) is 11.6 Å². The molecule has 4 heteroatoms. The van der Waals surface area contributed by atoms with Crippen molar-refractivity contribution >= 4 is 0 Å². The van der Waals surface area contributed by atoms with Crippen LogP contribution in [0.15, 0.2) is 24.3 Å². The summed E-state index contributed by atoms with van der Waals surface area (Å²) in [6.45, 7) is 1.75. The van der Waals surface area contributed by atoms with Crippen molar-refractivity contribution in [3.63, 3.8) is 0 Å². The van der Waals surface area contributed by atoms with Crippen molar-refractivity contribution < 1.29 is 13.5 Å². The maximum absolute atomic E-state index is 13.8. The lowest BCUT2D eigenvalue weighted by atomic mass is 9.92. The van der Waals surface area contributed by atoms with Gasteiger partial charge in [0.05, 0.1) is 12.2 Å². The second-order valence-corrected chi connectivity index (χ2v) is 4.93. The number of hydrogen-bond acceptors (Lipinski definition) is 2. The fourth-order valence-corrected chi connectivity index (χ4v) is 2.41. The third-order valence-electron chi connectivity index (χ3n) is 3.48. The van der Waals surface area contributed by atoms with Gasteiger partial charge in [-0.1, -0.05) is 18.2 Å². The summed E-state index contributed by atoms with van der Waals surface area (Å²) < 4.78 is 33.0. The predicted octanol–water partition coefficient (Wildman–Crippen LogP) is 3.12. The molecule has 1 fully saturated rings. The Kier molecular flexibility index (Phi) is 4.30. The average Bonchev–Trinajstić information content (AvgIpc) is 2.33. The van der Waals surface area contributed by atoms with Crippen LogP contribution in [-0.4, -0.2) is 18.3 Å². The van der Waals surface area contributed by atoms with E-state index in [4.69, 9.17) is 10.5 Å². The zero-order valence-electron chi connectivity index (χ0n) is 10.5. The van der Waals surface area contributed by atoms with Gasteiger partial charge in [-0.25, -0.2) is 8.78 Å². The molecule has 2 N–H and O–H groups in total. The summed E-state index contributed by atoms with van der Waals surface area (Å²) in [5.74, 6) is -0.312. The molecule has 1 aromatic carbocycles. The van der Waals surface area contributed by atoms with Gasteiger partial charge in [-0.3, -0.25) is 0 Å². The smallest absolute Gasteiger partial charge is 0.128 e. The van der Waals surface area contributed by atoms with E-state index in [2.05, 4.69) is 0 Å². The Morgan fingerprint density at radius 1 is 1.33 bits per heavy atom. The van der Waals surface area contributed by atoms with Gasteiger partial charge >= 0.3 is 0 Å². The monoisotopic (exact) mass is 255 g/mol. The Bertz CT molecular complexity index is 399. The Labute approximate surface area is 106 Å². The largest absolute Gasteiger partial charge is 0.367 e. The summed E-state index contributed by atoms with van der Waals surface area (Å²) in [6.07, 6.45) is -0.281. The Morgan fingerprint density at radius 2 is 2.06 bits per heavy atom. The van der Waals surface area contributed by atoms with Gasteiger partial charge in [-0.05, 0) is 32.3 Å². The summed E-state index contributed by atoms with van der Waals surface area (Å²) in [5.41, 5.74) is 6.17. The molecule has 1 saturated carbocycles. The lowest BCUT2D eigenvalue weighted by Gasteiger charge is -2.32. The summed E-state index contributed by atoms with van der Waals surface area (Å²) >= 11 is 0. The van der Waals surface area contributed by atoms with Crippen LogP contribution in [0, 0.1) is 5.82 Å². The molecular weight excluding hydrogens is 236 g/mol. The van der Waals surface area contributed by atoms with E-state index in [0.29, 0.717) is 18.4 Å². The Morgan fingerprint density at radius 3 is 2.72 bits per heavy atom. The van der Waals surface area contributed by atoms with E-state index in [9.17, 15) is 8.78 Å². The van der Waals surface area contributed by atoms with Crippen LogP contribution in [0.5, 0.6) is 0 Å². The lowest BCUT2D eigenvalue weighted by Crippen LogP contribution is -2.39. The minimum absolute atomic E-state index is 0.0800. The van der Waals surface area contributed by atoms with Crippen molar-refractivity contribution in [2.75, 3.05) is 0 Å². The number of nitrogens with two attached hydrogens (primary N) is 1. The van der Waals surface area contributed by atoms with E-state index in [1.165, 1.54) is 6.07 Å². The number of rotatable bonds is 3. The van der Waals surface area contributed by atoms with Crippen LogP contribution < -0.4 is 5.73 Å².